The molecule has 0 saturated carbocycles. The molecule has 0 radical (unpaired) electrons. The van der Waals surface area contributed by atoms with E-state index in [1.54, 1.807) is 0 Å². The second-order valence-electron chi connectivity index (χ2n) is 6.43. The van der Waals surface area contributed by atoms with Crippen molar-refractivity contribution in [3.8, 4) is 0 Å². The summed E-state index contributed by atoms with van der Waals surface area (Å²) >= 11 is 0. The third-order valence-corrected chi connectivity index (χ3v) is 4.98. The molecule has 0 spiro atoms. The lowest BCUT2D eigenvalue weighted by molar-refractivity contribution is 0.00305. The molecule has 3 rings (SSSR count). The van der Waals surface area contributed by atoms with Crippen LogP contribution in [0.25, 0.3) is 0 Å². The van der Waals surface area contributed by atoms with Crippen molar-refractivity contribution in [2.45, 2.75) is 69.9 Å². The maximum atomic E-state index is 5.97. The second kappa shape index (κ2) is 7.37. The van der Waals surface area contributed by atoms with Crippen LogP contribution in [0.4, 0.5) is 0 Å². The number of likely N-dealkylation sites (N-methyl/N-ethyl adjacent to an activating group) is 1. The van der Waals surface area contributed by atoms with Gasteiger partial charge in [-0.15, -0.1) is 0 Å². The molecule has 2 heterocycles. The number of nitrogens with zero attached hydrogens (tertiary/aromatic N) is 1. The minimum absolute atomic E-state index is 0.442. The van der Waals surface area contributed by atoms with Gasteiger partial charge in [0.15, 0.2) is 0 Å². The van der Waals surface area contributed by atoms with Gasteiger partial charge in [-0.2, -0.15) is 0 Å². The second-order valence-corrected chi connectivity index (χ2v) is 6.43. The van der Waals surface area contributed by atoms with E-state index < -0.39 is 0 Å². The fourth-order valence-electron chi connectivity index (χ4n) is 3.97. The molecule has 1 aromatic rings. The van der Waals surface area contributed by atoms with Gasteiger partial charge in [-0.1, -0.05) is 13.0 Å². The first-order valence-corrected chi connectivity index (χ1v) is 8.67. The van der Waals surface area contributed by atoms with Crippen molar-refractivity contribution in [2.75, 3.05) is 13.2 Å². The summed E-state index contributed by atoms with van der Waals surface area (Å²) in [6.07, 6.45) is 11.1. The lowest BCUT2D eigenvalue weighted by atomic mass is 9.79. The van der Waals surface area contributed by atoms with Gasteiger partial charge in [0.1, 0.15) is 0 Å². The quantitative estimate of drug-likeness (QED) is 0.901. The summed E-state index contributed by atoms with van der Waals surface area (Å²) in [6.45, 7) is 4.18. The zero-order valence-electron chi connectivity index (χ0n) is 13.2. The van der Waals surface area contributed by atoms with Gasteiger partial charge >= 0.3 is 0 Å². The number of pyridine rings is 1. The van der Waals surface area contributed by atoms with Crippen molar-refractivity contribution < 1.29 is 4.74 Å². The van der Waals surface area contributed by atoms with Crippen LogP contribution >= 0.6 is 0 Å². The Morgan fingerprint density at radius 3 is 3.10 bits per heavy atom. The van der Waals surface area contributed by atoms with Crippen molar-refractivity contribution in [1.82, 2.24) is 10.3 Å². The Balaban J connectivity index is 1.74. The van der Waals surface area contributed by atoms with E-state index in [9.17, 15) is 0 Å². The van der Waals surface area contributed by atoms with Crippen LogP contribution in [0.1, 0.15) is 62.6 Å². The fraction of sp³-hybridized carbons (Fsp3) is 0.722. The predicted octanol–water partition coefficient (Wildman–Crippen LogP) is 3.44. The number of aryl methyl sites for hydroxylation is 1. The molecule has 1 aromatic heterocycles. The van der Waals surface area contributed by atoms with Crippen molar-refractivity contribution in [2.24, 2.45) is 0 Å². The normalized spacial score (nSPS) is 27.1. The first-order valence-electron chi connectivity index (χ1n) is 8.67. The molecule has 2 aliphatic rings. The Hall–Kier alpha value is -0.930. The minimum atomic E-state index is 0.442. The Kier molecular flexibility index (Phi) is 5.26. The van der Waals surface area contributed by atoms with Crippen LogP contribution in [0, 0.1) is 0 Å². The lowest BCUT2D eigenvalue weighted by Crippen LogP contribution is -2.40. The number of hydrogen-bond acceptors (Lipinski definition) is 3. The molecular weight excluding hydrogens is 260 g/mol. The van der Waals surface area contributed by atoms with E-state index in [0.29, 0.717) is 18.1 Å². The number of hydrogen-bond donors (Lipinski definition) is 1. The van der Waals surface area contributed by atoms with Gasteiger partial charge in [-0.05, 0) is 63.1 Å². The van der Waals surface area contributed by atoms with Gasteiger partial charge in [-0.3, -0.25) is 4.98 Å². The van der Waals surface area contributed by atoms with Crippen LogP contribution in [-0.4, -0.2) is 30.3 Å². The van der Waals surface area contributed by atoms with Crippen LogP contribution in [0.15, 0.2) is 18.3 Å². The molecule has 3 nitrogen and oxygen atoms in total. The third-order valence-electron chi connectivity index (χ3n) is 4.98. The van der Waals surface area contributed by atoms with E-state index in [1.165, 1.54) is 49.8 Å². The standard InChI is InChI=1S/C18H28N2O/c1-2-19-17(13-15-9-3-4-12-21-15)16-10-5-7-14-8-6-11-20-18(14)16/h6,8,11,15-17,19H,2-5,7,9-10,12-13H2,1H3. The van der Waals surface area contributed by atoms with Crippen LogP contribution in [0.5, 0.6) is 0 Å². The highest BCUT2D eigenvalue weighted by atomic mass is 16.5. The molecule has 1 fully saturated rings. The van der Waals surface area contributed by atoms with E-state index >= 15 is 0 Å². The summed E-state index contributed by atoms with van der Waals surface area (Å²) in [5.74, 6) is 0.556. The first kappa shape index (κ1) is 15.0. The Labute approximate surface area is 128 Å². The van der Waals surface area contributed by atoms with Crippen molar-refractivity contribution in [3.05, 3.63) is 29.6 Å². The zero-order chi connectivity index (χ0) is 14.5. The summed E-state index contributed by atoms with van der Waals surface area (Å²) in [5.41, 5.74) is 2.80. The number of fused-ring (bicyclic) bond motifs is 1. The van der Waals surface area contributed by atoms with E-state index in [0.717, 1.165) is 19.6 Å². The molecule has 1 saturated heterocycles. The average molecular weight is 288 g/mol. The maximum Gasteiger partial charge on any atom is 0.0590 e. The van der Waals surface area contributed by atoms with Crippen molar-refractivity contribution >= 4 is 0 Å². The molecule has 0 bridgehead atoms. The molecule has 1 aliphatic carbocycles. The number of aromatic nitrogens is 1. The number of nitrogens with one attached hydrogen (secondary N) is 1. The molecule has 3 heteroatoms. The highest BCUT2D eigenvalue weighted by Gasteiger charge is 2.31. The van der Waals surface area contributed by atoms with Gasteiger partial charge in [0.2, 0.25) is 0 Å². The van der Waals surface area contributed by atoms with Crippen LogP contribution in [0.3, 0.4) is 0 Å². The molecule has 0 amide bonds. The van der Waals surface area contributed by atoms with Crippen LogP contribution in [-0.2, 0) is 11.2 Å². The molecule has 3 unspecified atom stereocenters. The van der Waals surface area contributed by atoms with Crippen molar-refractivity contribution in [3.63, 3.8) is 0 Å². The van der Waals surface area contributed by atoms with Crippen molar-refractivity contribution in [1.29, 1.82) is 0 Å². The van der Waals surface area contributed by atoms with Crippen LogP contribution in [0.2, 0.25) is 0 Å². The molecule has 1 N–H and O–H groups in total. The topological polar surface area (TPSA) is 34.1 Å². The van der Waals surface area contributed by atoms with Gasteiger partial charge in [0.05, 0.1) is 6.10 Å². The molecule has 116 valence electrons. The van der Waals surface area contributed by atoms with E-state index in [1.807, 2.05) is 6.20 Å². The highest BCUT2D eigenvalue weighted by molar-refractivity contribution is 5.27. The van der Waals surface area contributed by atoms with E-state index in [2.05, 4.69) is 24.4 Å². The van der Waals surface area contributed by atoms with E-state index in [4.69, 9.17) is 9.72 Å². The number of rotatable bonds is 5. The molecule has 1 aliphatic heterocycles. The maximum absolute atomic E-state index is 5.97. The van der Waals surface area contributed by atoms with Gasteiger partial charge in [-0.25, -0.2) is 0 Å². The zero-order valence-corrected chi connectivity index (χ0v) is 13.2. The SMILES string of the molecule is CCNC(CC1CCCCO1)C1CCCc2cccnc21. The molecular formula is C18H28N2O. The summed E-state index contributed by atoms with van der Waals surface area (Å²) in [6, 6.07) is 4.84. The fourth-order valence-corrected chi connectivity index (χ4v) is 3.97. The summed E-state index contributed by atoms with van der Waals surface area (Å²) in [7, 11) is 0. The van der Waals surface area contributed by atoms with E-state index in [-0.39, 0.29) is 0 Å². The van der Waals surface area contributed by atoms with Gasteiger partial charge < -0.3 is 10.1 Å². The summed E-state index contributed by atoms with van der Waals surface area (Å²) < 4.78 is 5.97. The van der Waals surface area contributed by atoms with Crippen LogP contribution < -0.4 is 5.32 Å². The summed E-state index contributed by atoms with van der Waals surface area (Å²) in [4.78, 5) is 4.72. The third kappa shape index (κ3) is 3.64. The first-order chi connectivity index (χ1) is 10.4. The van der Waals surface area contributed by atoms with Gasteiger partial charge in [0, 0.05) is 30.5 Å². The largest absolute Gasteiger partial charge is 0.378 e. The predicted molar refractivity (Wildman–Crippen MR) is 85.6 cm³/mol. The number of ether oxygens (including phenoxy) is 1. The Morgan fingerprint density at radius 2 is 2.29 bits per heavy atom. The summed E-state index contributed by atoms with van der Waals surface area (Å²) in [5, 5.41) is 3.72. The average Bonchev–Trinajstić information content (AvgIpc) is 2.55. The molecule has 0 aromatic carbocycles. The smallest absolute Gasteiger partial charge is 0.0590 e. The molecule has 3 atom stereocenters. The lowest BCUT2D eigenvalue weighted by Gasteiger charge is -2.35. The highest BCUT2D eigenvalue weighted by Crippen LogP contribution is 2.34. The minimum Gasteiger partial charge on any atom is -0.378 e. The van der Waals surface area contributed by atoms with Gasteiger partial charge in [0.25, 0.3) is 0 Å². The Morgan fingerprint density at radius 1 is 1.33 bits per heavy atom. The monoisotopic (exact) mass is 288 g/mol. The molecule has 21 heavy (non-hydrogen) atoms. The Bertz CT molecular complexity index is 443.